The predicted molar refractivity (Wildman–Crippen MR) is 153 cm³/mol. The van der Waals surface area contributed by atoms with Gasteiger partial charge in [0.1, 0.15) is 30.0 Å². The summed E-state index contributed by atoms with van der Waals surface area (Å²) >= 11 is 9.76. The number of hydrogen-bond donors (Lipinski definition) is 4. The maximum Gasteiger partial charge on any atom is 0.257 e. The zero-order chi connectivity index (χ0) is 28.2. The van der Waals surface area contributed by atoms with Crippen LogP contribution in [-0.4, -0.2) is 67.7 Å². The summed E-state index contributed by atoms with van der Waals surface area (Å²) in [5.41, 5.74) is 3.99. The second-order valence-electron chi connectivity index (χ2n) is 9.20. The number of rotatable bonds is 15. The van der Waals surface area contributed by atoms with E-state index in [4.69, 9.17) is 25.8 Å². The first kappa shape index (κ1) is 30.7. The monoisotopic (exact) mass is 624 g/mol. The Morgan fingerprint density at radius 2 is 1.95 bits per heavy atom. The number of carbonyl (C=O) groups is 2. The molecule has 1 aliphatic heterocycles. The maximum atomic E-state index is 12.2. The minimum absolute atomic E-state index is 0.113. The quantitative estimate of drug-likeness (QED) is 0.223. The van der Waals surface area contributed by atoms with Crippen molar-refractivity contribution >= 4 is 45.1 Å². The Kier molecular flexibility index (Phi) is 12.3. The minimum atomic E-state index is -0.609. The Hall–Kier alpha value is -2.86. The molecule has 0 radical (unpaired) electrons. The average Bonchev–Trinajstić information content (AvgIpc) is 2.91. The SMILES string of the molecule is CC(C)NC[C@H](O)COc1ccc(OCCCNC(=O)COc2ccc(C3=NNC(=O)CC3)cc2Cl)cc1Br. The molecule has 0 saturated heterocycles. The number of amides is 2. The van der Waals surface area contributed by atoms with E-state index in [0.29, 0.717) is 67.3 Å². The lowest BCUT2D eigenvalue weighted by molar-refractivity contribution is -0.123. The van der Waals surface area contributed by atoms with Crippen LogP contribution in [-0.2, 0) is 9.59 Å². The normalized spacial score (nSPS) is 13.9. The summed E-state index contributed by atoms with van der Waals surface area (Å²) in [6.45, 7) is 5.32. The number of carbonyl (C=O) groups excluding carboxylic acids is 2. The lowest BCUT2D eigenvalue weighted by Gasteiger charge is -2.16. The van der Waals surface area contributed by atoms with Crippen molar-refractivity contribution in [1.82, 2.24) is 16.1 Å². The van der Waals surface area contributed by atoms with Gasteiger partial charge in [0.2, 0.25) is 5.91 Å². The summed E-state index contributed by atoms with van der Waals surface area (Å²) in [5, 5.41) is 20.3. The van der Waals surface area contributed by atoms with Crippen molar-refractivity contribution in [2.24, 2.45) is 5.10 Å². The van der Waals surface area contributed by atoms with Crippen LogP contribution < -0.4 is 30.3 Å². The van der Waals surface area contributed by atoms with Crippen molar-refractivity contribution in [1.29, 1.82) is 0 Å². The van der Waals surface area contributed by atoms with E-state index in [1.165, 1.54) is 0 Å². The molecule has 1 atom stereocenters. The number of hydrazone groups is 1. The molecule has 39 heavy (non-hydrogen) atoms. The topological polar surface area (TPSA) is 131 Å². The molecule has 2 amide bonds. The molecule has 212 valence electrons. The molecule has 0 fully saturated rings. The Bertz CT molecular complexity index is 1160. The smallest absolute Gasteiger partial charge is 0.257 e. The lowest BCUT2D eigenvalue weighted by atomic mass is 10.0. The lowest BCUT2D eigenvalue weighted by Crippen LogP contribution is -2.35. The van der Waals surface area contributed by atoms with Crippen molar-refractivity contribution in [3.05, 3.63) is 51.5 Å². The molecule has 0 spiro atoms. The highest BCUT2D eigenvalue weighted by atomic mass is 79.9. The van der Waals surface area contributed by atoms with Crippen molar-refractivity contribution in [2.75, 3.05) is 32.9 Å². The predicted octanol–water partition coefficient (Wildman–Crippen LogP) is 3.42. The number of halogens is 2. The molecule has 10 nitrogen and oxygen atoms in total. The number of benzene rings is 2. The first-order chi connectivity index (χ1) is 18.7. The van der Waals surface area contributed by atoms with Crippen LogP contribution in [0.1, 0.15) is 38.7 Å². The second-order valence-corrected chi connectivity index (χ2v) is 10.5. The standard InChI is InChI=1S/C27H34BrClN4O6/c1-17(2)31-14-19(34)15-38-24-8-5-20(13-21(24)28)37-11-3-10-30-27(36)16-39-25-7-4-18(12-22(25)29)23-6-9-26(35)33-32-23/h4-5,7-8,12-13,17,19,31,34H,3,6,9-11,14-16H2,1-2H3,(H,30,36)(H,33,35)/t19-/m0/s1. The molecular weight excluding hydrogens is 592 g/mol. The average molecular weight is 626 g/mol. The summed E-state index contributed by atoms with van der Waals surface area (Å²) in [4.78, 5) is 23.4. The van der Waals surface area contributed by atoms with Gasteiger partial charge >= 0.3 is 0 Å². The van der Waals surface area contributed by atoms with Gasteiger partial charge in [-0.1, -0.05) is 25.4 Å². The Morgan fingerprint density at radius 3 is 2.64 bits per heavy atom. The van der Waals surface area contributed by atoms with Crippen molar-refractivity contribution < 1.29 is 28.9 Å². The van der Waals surface area contributed by atoms with Crippen molar-refractivity contribution in [2.45, 2.75) is 45.3 Å². The number of hydrogen-bond acceptors (Lipinski definition) is 8. The van der Waals surface area contributed by atoms with Gasteiger partial charge in [0.15, 0.2) is 6.61 Å². The van der Waals surface area contributed by atoms with Crippen LogP contribution in [0.5, 0.6) is 17.2 Å². The van der Waals surface area contributed by atoms with Gasteiger partial charge < -0.3 is 30.0 Å². The molecule has 1 aliphatic rings. The van der Waals surface area contributed by atoms with E-state index in [0.717, 1.165) is 15.7 Å². The van der Waals surface area contributed by atoms with Crippen LogP contribution in [0.25, 0.3) is 0 Å². The van der Waals surface area contributed by atoms with Crippen molar-refractivity contribution in [3.63, 3.8) is 0 Å². The fraction of sp³-hybridized carbons (Fsp3) is 0.444. The zero-order valence-electron chi connectivity index (χ0n) is 22.0. The molecule has 3 rings (SSSR count). The zero-order valence-corrected chi connectivity index (χ0v) is 24.3. The summed E-state index contributed by atoms with van der Waals surface area (Å²) in [6, 6.07) is 10.8. The van der Waals surface area contributed by atoms with Crippen LogP contribution in [0, 0.1) is 0 Å². The highest BCUT2D eigenvalue weighted by Gasteiger charge is 2.15. The number of nitrogens with zero attached hydrogens (tertiary/aromatic N) is 1. The summed E-state index contributed by atoms with van der Waals surface area (Å²) < 4.78 is 17.7. The third-order valence-corrected chi connectivity index (χ3v) is 6.45. The van der Waals surface area contributed by atoms with Crippen LogP contribution in [0.15, 0.2) is 46.0 Å². The third kappa shape index (κ3) is 10.7. The molecule has 4 N–H and O–H groups in total. The fourth-order valence-electron chi connectivity index (χ4n) is 3.47. The van der Waals surface area contributed by atoms with Crippen molar-refractivity contribution in [3.8, 4) is 17.2 Å². The first-order valence-electron chi connectivity index (χ1n) is 12.7. The highest BCUT2D eigenvalue weighted by Crippen LogP contribution is 2.29. The van der Waals surface area contributed by atoms with Gasteiger partial charge in [-0.2, -0.15) is 5.10 Å². The first-order valence-corrected chi connectivity index (χ1v) is 13.9. The van der Waals surface area contributed by atoms with E-state index in [-0.39, 0.29) is 25.0 Å². The minimum Gasteiger partial charge on any atom is -0.493 e. The van der Waals surface area contributed by atoms with Crippen LogP contribution in [0.3, 0.4) is 0 Å². The Morgan fingerprint density at radius 1 is 1.15 bits per heavy atom. The Balaban J connectivity index is 1.32. The molecular formula is C27H34BrClN4O6. The molecule has 12 heteroatoms. The number of nitrogens with one attached hydrogen (secondary N) is 3. The number of ether oxygens (including phenoxy) is 3. The van der Waals surface area contributed by atoms with Gasteiger partial charge in [-0.05, 0) is 64.3 Å². The highest BCUT2D eigenvalue weighted by molar-refractivity contribution is 9.10. The van der Waals surface area contributed by atoms with E-state index >= 15 is 0 Å². The molecule has 0 aromatic heterocycles. The van der Waals surface area contributed by atoms with Gasteiger partial charge in [-0.15, -0.1) is 0 Å². The third-order valence-electron chi connectivity index (χ3n) is 5.54. The van der Waals surface area contributed by atoms with E-state index < -0.39 is 6.10 Å². The summed E-state index contributed by atoms with van der Waals surface area (Å²) in [6.07, 6.45) is 0.904. The van der Waals surface area contributed by atoms with Gasteiger partial charge in [-0.3, -0.25) is 9.59 Å². The van der Waals surface area contributed by atoms with Gasteiger partial charge in [0, 0.05) is 32.0 Å². The number of aliphatic hydroxyl groups is 1. The molecule has 1 heterocycles. The molecule has 0 bridgehead atoms. The van der Waals surface area contributed by atoms with Gasteiger partial charge in [0.05, 0.1) is 21.8 Å². The van der Waals surface area contributed by atoms with E-state index in [1.807, 2.05) is 13.8 Å². The molecule has 0 saturated carbocycles. The fourth-order valence-corrected chi connectivity index (χ4v) is 4.18. The van der Waals surface area contributed by atoms with Crippen LogP contribution in [0.2, 0.25) is 5.02 Å². The Labute approximate surface area is 241 Å². The molecule has 2 aromatic rings. The summed E-state index contributed by atoms with van der Waals surface area (Å²) in [7, 11) is 0. The van der Waals surface area contributed by atoms with E-state index in [2.05, 4.69) is 37.1 Å². The maximum absolute atomic E-state index is 12.2. The van der Waals surface area contributed by atoms with Gasteiger partial charge in [-0.25, -0.2) is 5.43 Å². The number of aliphatic hydroxyl groups excluding tert-OH is 1. The van der Waals surface area contributed by atoms with Gasteiger partial charge in [0.25, 0.3) is 5.91 Å². The van der Waals surface area contributed by atoms with Crippen LogP contribution >= 0.6 is 27.5 Å². The van der Waals surface area contributed by atoms with E-state index in [9.17, 15) is 14.7 Å². The molecule has 2 aromatic carbocycles. The largest absolute Gasteiger partial charge is 0.493 e. The van der Waals surface area contributed by atoms with Crippen LogP contribution in [0.4, 0.5) is 0 Å². The second kappa shape index (κ2) is 15.7. The molecule has 0 aliphatic carbocycles. The molecule has 0 unspecified atom stereocenters. The van der Waals surface area contributed by atoms with E-state index in [1.54, 1.807) is 36.4 Å². The summed E-state index contributed by atoms with van der Waals surface area (Å²) in [5.74, 6) is 1.27.